The van der Waals surface area contributed by atoms with Crippen LogP contribution >= 0.6 is 0 Å². The van der Waals surface area contributed by atoms with Crippen LogP contribution in [0.3, 0.4) is 0 Å². The zero-order valence-electron chi connectivity index (χ0n) is 18.3. The van der Waals surface area contributed by atoms with Crippen LogP contribution in [-0.4, -0.2) is 61.2 Å². The average Bonchev–Trinajstić information content (AvgIpc) is 2.71. The second kappa shape index (κ2) is 12.9. The van der Waals surface area contributed by atoms with Gasteiger partial charge >= 0.3 is 23.9 Å². The van der Waals surface area contributed by atoms with E-state index in [-0.39, 0.29) is 12.9 Å². The Bertz CT molecular complexity index is 830. The zero-order valence-corrected chi connectivity index (χ0v) is 18.3. The Morgan fingerprint density at radius 3 is 1.75 bits per heavy atom. The van der Waals surface area contributed by atoms with E-state index in [4.69, 9.17) is 23.7 Å². The van der Waals surface area contributed by atoms with Crippen molar-refractivity contribution < 1.29 is 47.7 Å². The smallest absolute Gasteiger partial charge is 0.303 e. The summed E-state index contributed by atoms with van der Waals surface area (Å²) in [6, 6.07) is 6.74. The molecule has 174 valence electrons. The van der Waals surface area contributed by atoms with Crippen molar-refractivity contribution in [3.8, 4) is 5.75 Å². The minimum atomic E-state index is -1.63. The Morgan fingerprint density at radius 1 is 0.812 bits per heavy atom. The molecule has 4 atom stereocenters. The van der Waals surface area contributed by atoms with Gasteiger partial charge in [-0.1, -0.05) is 24.8 Å². The molecule has 0 aromatic heterocycles. The number of carbonyl (C=O) groups excluding carboxylic acids is 5. The van der Waals surface area contributed by atoms with Crippen molar-refractivity contribution in [3.63, 3.8) is 0 Å². The number of esters is 4. The third kappa shape index (κ3) is 8.99. The molecular formula is C22H26O10. The highest BCUT2D eigenvalue weighted by molar-refractivity contribution is 5.72. The Hall–Kier alpha value is -3.69. The molecule has 0 fully saturated rings. The number of benzene rings is 1. The largest absolute Gasteiger partial charge is 0.490 e. The van der Waals surface area contributed by atoms with Gasteiger partial charge in [0.25, 0.3) is 0 Å². The molecule has 0 aliphatic carbocycles. The maximum Gasteiger partial charge on any atom is 0.303 e. The first-order chi connectivity index (χ1) is 15.1. The molecule has 10 heteroatoms. The highest BCUT2D eigenvalue weighted by atomic mass is 16.6. The van der Waals surface area contributed by atoms with Crippen LogP contribution in [0.25, 0.3) is 6.08 Å². The molecule has 0 aliphatic heterocycles. The molecule has 10 nitrogen and oxygen atoms in total. The Labute approximate surface area is 185 Å². The van der Waals surface area contributed by atoms with Gasteiger partial charge in [-0.3, -0.25) is 24.0 Å². The molecule has 1 aromatic carbocycles. The summed E-state index contributed by atoms with van der Waals surface area (Å²) in [7, 11) is 0. The fourth-order valence-corrected chi connectivity index (χ4v) is 2.71. The van der Waals surface area contributed by atoms with E-state index < -0.39 is 48.3 Å². The van der Waals surface area contributed by atoms with Crippen molar-refractivity contribution >= 4 is 36.2 Å². The molecular weight excluding hydrogens is 424 g/mol. The number of hydrogen-bond donors (Lipinski definition) is 0. The van der Waals surface area contributed by atoms with Crippen molar-refractivity contribution in [1.29, 1.82) is 0 Å². The van der Waals surface area contributed by atoms with Gasteiger partial charge in [0, 0.05) is 27.7 Å². The van der Waals surface area contributed by atoms with E-state index in [0.29, 0.717) is 5.75 Å². The van der Waals surface area contributed by atoms with Crippen LogP contribution in [0, 0.1) is 0 Å². The number of ether oxygens (including phenoxy) is 5. The average molecular weight is 450 g/mol. The highest BCUT2D eigenvalue weighted by Crippen LogP contribution is 2.21. The van der Waals surface area contributed by atoms with Gasteiger partial charge in [0.1, 0.15) is 12.4 Å². The Morgan fingerprint density at radius 2 is 1.31 bits per heavy atom. The Balaban J connectivity index is 3.29. The van der Waals surface area contributed by atoms with E-state index in [9.17, 15) is 24.0 Å². The predicted octanol–water partition coefficient (Wildman–Crippen LogP) is 1.63. The number of rotatable bonds is 12. The fraction of sp³-hybridized carbons (Fsp3) is 0.409. The van der Waals surface area contributed by atoms with Gasteiger partial charge in [-0.15, -0.1) is 0 Å². The minimum absolute atomic E-state index is 0.213. The molecule has 32 heavy (non-hydrogen) atoms. The van der Waals surface area contributed by atoms with Gasteiger partial charge in [0.2, 0.25) is 0 Å². The quantitative estimate of drug-likeness (QED) is 0.263. The van der Waals surface area contributed by atoms with Crippen LogP contribution in [-0.2, 0) is 42.9 Å². The van der Waals surface area contributed by atoms with Gasteiger partial charge in [-0.2, -0.15) is 0 Å². The molecule has 0 aliphatic rings. The monoisotopic (exact) mass is 450 g/mol. The number of hydrogen-bond acceptors (Lipinski definition) is 10. The normalized spacial score (nSPS) is 14.0. The van der Waals surface area contributed by atoms with Crippen LogP contribution in [0.4, 0.5) is 0 Å². The summed E-state index contributed by atoms with van der Waals surface area (Å²) in [5, 5.41) is 0. The van der Waals surface area contributed by atoms with Crippen LogP contribution in [0.2, 0.25) is 0 Å². The summed E-state index contributed by atoms with van der Waals surface area (Å²) in [4.78, 5) is 58.1. The summed E-state index contributed by atoms with van der Waals surface area (Å²) >= 11 is 0. The van der Waals surface area contributed by atoms with Gasteiger partial charge in [-0.25, -0.2) is 0 Å². The first kappa shape index (κ1) is 26.3. The van der Waals surface area contributed by atoms with Gasteiger partial charge in [0.15, 0.2) is 30.7 Å². The van der Waals surface area contributed by atoms with E-state index in [2.05, 4.69) is 6.58 Å². The molecule has 1 rings (SSSR count). The van der Waals surface area contributed by atoms with Crippen LogP contribution < -0.4 is 4.74 Å². The maximum absolute atomic E-state index is 11.8. The third-order valence-electron chi connectivity index (χ3n) is 3.90. The standard InChI is InChI=1S/C22H26O10/c1-6-17-7-9-18(10-8-17)28-12-20(30-14(3)25)22(32-16(5)27)21(31-15(4)26)19(11-23)29-13(2)24/h6-11,19-22H,1,12H2,2-5H3/t19-,20+,21+,22+/m0/s1. The minimum Gasteiger partial charge on any atom is -0.490 e. The molecule has 0 N–H and O–H groups in total. The lowest BCUT2D eigenvalue weighted by atomic mass is 10.0. The molecule has 0 unspecified atom stereocenters. The molecule has 0 heterocycles. The lowest BCUT2D eigenvalue weighted by molar-refractivity contribution is -0.198. The van der Waals surface area contributed by atoms with Gasteiger partial charge in [-0.05, 0) is 17.7 Å². The van der Waals surface area contributed by atoms with Crippen LogP contribution in [0.1, 0.15) is 33.3 Å². The SMILES string of the molecule is C=Cc1ccc(OC[C@@H](OC(C)=O)[C@@H](OC(C)=O)[C@H](OC(C)=O)[C@H](C=O)OC(C)=O)cc1. The van der Waals surface area contributed by atoms with E-state index in [1.165, 1.54) is 0 Å². The second-order valence-corrected chi connectivity index (χ2v) is 6.59. The summed E-state index contributed by atoms with van der Waals surface area (Å²) in [5.41, 5.74) is 0.844. The number of aldehydes is 1. The first-order valence-corrected chi connectivity index (χ1v) is 9.56. The van der Waals surface area contributed by atoms with Crippen molar-refractivity contribution in [1.82, 2.24) is 0 Å². The van der Waals surface area contributed by atoms with E-state index >= 15 is 0 Å². The summed E-state index contributed by atoms with van der Waals surface area (Å²) in [5.74, 6) is -2.89. The predicted molar refractivity (Wildman–Crippen MR) is 110 cm³/mol. The lowest BCUT2D eigenvalue weighted by Crippen LogP contribution is -2.53. The fourth-order valence-electron chi connectivity index (χ4n) is 2.71. The van der Waals surface area contributed by atoms with E-state index in [1.807, 2.05) is 0 Å². The summed E-state index contributed by atoms with van der Waals surface area (Å²) in [6.45, 7) is 7.59. The molecule has 0 saturated carbocycles. The molecule has 0 saturated heterocycles. The van der Waals surface area contributed by atoms with Crippen LogP contribution in [0.15, 0.2) is 30.8 Å². The number of carbonyl (C=O) groups is 5. The van der Waals surface area contributed by atoms with Crippen molar-refractivity contribution in [2.45, 2.75) is 52.1 Å². The zero-order chi connectivity index (χ0) is 24.3. The van der Waals surface area contributed by atoms with Crippen molar-refractivity contribution in [2.75, 3.05) is 6.61 Å². The summed E-state index contributed by atoms with van der Waals surface area (Å²) < 4.78 is 26.1. The summed E-state index contributed by atoms with van der Waals surface area (Å²) in [6.07, 6.45) is -4.23. The topological polar surface area (TPSA) is 132 Å². The van der Waals surface area contributed by atoms with Gasteiger partial charge in [0.05, 0.1) is 0 Å². The first-order valence-electron chi connectivity index (χ1n) is 9.56. The highest BCUT2D eigenvalue weighted by Gasteiger charge is 2.43. The molecule has 0 bridgehead atoms. The van der Waals surface area contributed by atoms with Crippen molar-refractivity contribution in [2.24, 2.45) is 0 Å². The third-order valence-corrected chi connectivity index (χ3v) is 3.90. The molecule has 0 spiro atoms. The van der Waals surface area contributed by atoms with Gasteiger partial charge < -0.3 is 23.7 Å². The van der Waals surface area contributed by atoms with E-state index in [1.54, 1.807) is 30.3 Å². The second-order valence-electron chi connectivity index (χ2n) is 6.59. The van der Waals surface area contributed by atoms with E-state index in [0.717, 1.165) is 33.3 Å². The van der Waals surface area contributed by atoms with Crippen LogP contribution in [0.5, 0.6) is 5.75 Å². The maximum atomic E-state index is 11.8. The van der Waals surface area contributed by atoms with Crippen molar-refractivity contribution in [3.05, 3.63) is 36.4 Å². The lowest BCUT2D eigenvalue weighted by Gasteiger charge is -2.33. The molecule has 0 amide bonds. The Kier molecular flexibility index (Phi) is 10.6. The molecule has 0 radical (unpaired) electrons. The molecule has 1 aromatic rings.